The third-order valence-corrected chi connectivity index (χ3v) is 7.25. The molecule has 1 aliphatic carbocycles. The van der Waals surface area contributed by atoms with Gasteiger partial charge in [0.25, 0.3) is 0 Å². The Kier molecular flexibility index (Phi) is 6.28. The Hall–Kier alpha value is -2.53. The molecule has 0 N–H and O–H groups in total. The fourth-order valence-corrected chi connectivity index (χ4v) is 5.15. The van der Waals surface area contributed by atoms with Crippen molar-refractivity contribution >= 4 is 5.70 Å². The number of benzene rings is 2. The van der Waals surface area contributed by atoms with E-state index in [0.29, 0.717) is 5.92 Å². The van der Waals surface area contributed by atoms with Gasteiger partial charge in [0.05, 0.1) is 11.6 Å². The van der Waals surface area contributed by atoms with Crippen LogP contribution in [0.5, 0.6) is 0 Å². The standard InChI is InChI=1S/C28H34N2/c1-4-6-26-18-27(20(2)17-28(26)25-7-5-8-25)21(3)30-15-13-24(14-16-30)23-11-9-22(19-29)10-12-23/h9-12,17-18,24-25H,3-8,13-16H2,1-2H3. The molecule has 156 valence electrons. The van der Waals surface area contributed by atoms with Gasteiger partial charge in [-0.15, -0.1) is 0 Å². The van der Waals surface area contributed by atoms with E-state index < -0.39 is 0 Å². The van der Waals surface area contributed by atoms with Gasteiger partial charge >= 0.3 is 0 Å². The molecule has 1 saturated carbocycles. The molecule has 2 aromatic carbocycles. The van der Waals surface area contributed by atoms with Gasteiger partial charge in [-0.2, -0.15) is 5.26 Å². The van der Waals surface area contributed by atoms with Crippen LogP contribution < -0.4 is 0 Å². The highest BCUT2D eigenvalue weighted by atomic mass is 15.1. The summed E-state index contributed by atoms with van der Waals surface area (Å²) in [5.74, 6) is 1.37. The summed E-state index contributed by atoms with van der Waals surface area (Å²) in [5, 5.41) is 9.02. The second-order valence-electron chi connectivity index (χ2n) is 9.19. The number of likely N-dealkylation sites (tertiary alicyclic amines) is 1. The van der Waals surface area contributed by atoms with E-state index in [-0.39, 0.29) is 0 Å². The molecular weight excluding hydrogens is 364 g/mol. The van der Waals surface area contributed by atoms with Gasteiger partial charge in [-0.3, -0.25) is 0 Å². The molecular formula is C28H34N2. The molecule has 2 heteroatoms. The summed E-state index contributed by atoms with van der Waals surface area (Å²) < 4.78 is 0. The van der Waals surface area contributed by atoms with Crippen LogP contribution in [0.4, 0.5) is 0 Å². The van der Waals surface area contributed by atoms with Crippen LogP contribution in [0.15, 0.2) is 43.0 Å². The molecule has 0 radical (unpaired) electrons. The van der Waals surface area contributed by atoms with Crippen molar-refractivity contribution in [3.8, 4) is 6.07 Å². The maximum Gasteiger partial charge on any atom is 0.0991 e. The van der Waals surface area contributed by atoms with Crippen molar-refractivity contribution in [1.82, 2.24) is 4.90 Å². The molecule has 4 rings (SSSR count). The molecule has 2 nitrogen and oxygen atoms in total. The van der Waals surface area contributed by atoms with Crippen molar-refractivity contribution in [3.05, 3.63) is 76.4 Å². The fourth-order valence-electron chi connectivity index (χ4n) is 5.15. The first-order valence-electron chi connectivity index (χ1n) is 11.7. The smallest absolute Gasteiger partial charge is 0.0991 e. The molecule has 1 saturated heterocycles. The van der Waals surface area contributed by atoms with Crippen molar-refractivity contribution in [3.63, 3.8) is 0 Å². The Balaban J connectivity index is 1.47. The third-order valence-electron chi connectivity index (χ3n) is 7.25. The zero-order valence-corrected chi connectivity index (χ0v) is 18.6. The second-order valence-corrected chi connectivity index (χ2v) is 9.19. The van der Waals surface area contributed by atoms with Gasteiger partial charge in [0.1, 0.15) is 0 Å². The summed E-state index contributed by atoms with van der Waals surface area (Å²) in [6.45, 7) is 11.2. The Morgan fingerprint density at radius 3 is 2.33 bits per heavy atom. The predicted octanol–water partition coefficient (Wildman–Crippen LogP) is 6.94. The number of hydrogen-bond donors (Lipinski definition) is 0. The van der Waals surface area contributed by atoms with Crippen LogP contribution in [-0.2, 0) is 6.42 Å². The predicted molar refractivity (Wildman–Crippen MR) is 126 cm³/mol. The van der Waals surface area contributed by atoms with Crippen LogP contribution >= 0.6 is 0 Å². The van der Waals surface area contributed by atoms with E-state index in [9.17, 15) is 0 Å². The highest BCUT2D eigenvalue weighted by molar-refractivity contribution is 5.67. The van der Waals surface area contributed by atoms with Crippen LogP contribution in [0.1, 0.15) is 90.7 Å². The molecule has 1 aliphatic heterocycles. The first-order valence-corrected chi connectivity index (χ1v) is 11.7. The van der Waals surface area contributed by atoms with Gasteiger partial charge in [0.2, 0.25) is 0 Å². The largest absolute Gasteiger partial charge is 0.371 e. The first-order chi connectivity index (χ1) is 14.6. The Morgan fingerprint density at radius 2 is 1.77 bits per heavy atom. The van der Waals surface area contributed by atoms with Crippen LogP contribution in [0.3, 0.4) is 0 Å². The third kappa shape index (κ3) is 4.17. The molecule has 2 fully saturated rings. The van der Waals surface area contributed by atoms with Crippen LogP contribution in [0, 0.1) is 18.3 Å². The lowest BCUT2D eigenvalue weighted by atomic mass is 9.76. The maximum absolute atomic E-state index is 9.02. The van der Waals surface area contributed by atoms with Crippen LogP contribution in [0.25, 0.3) is 5.70 Å². The Morgan fingerprint density at radius 1 is 1.07 bits per heavy atom. The van der Waals surface area contributed by atoms with Crippen molar-refractivity contribution in [2.24, 2.45) is 0 Å². The zero-order valence-electron chi connectivity index (χ0n) is 18.6. The number of rotatable bonds is 6. The van der Waals surface area contributed by atoms with E-state index in [1.165, 1.54) is 54.5 Å². The lowest BCUT2D eigenvalue weighted by Crippen LogP contribution is -2.31. The number of aryl methyl sites for hydroxylation is 2. The van der Waals surface area contributed by atoms with E-state index >= 15 is 0 Å². The molecule has 2 aliphatic rings. The van der Waals surface area contributed by atoms with Crippen molar-refractivity contribution in [1.29, 1.82) is 5.26 Å². The SMILES string of the molecule is C=C(c1cc(CCC)c(C2CCC2)cc1C)N1CCC(c2ccc(C#N)cc2)CC1. The normalized spacial score (nSPS) is 17.4. The minimum Gasteiger partial charge on any atom is -0.371 e. The zero-order chi connectivity index (χ0) is 21.1. The van der Waals surface area contributed by atoms with Crippen LogP contribution in [0.2, 0.25) is 0 Å². The molecule has 30 heavy (non-hydrogen) atoms. The highest BCUT2D eigenvalue weighted by Gasteiger charge is 2.25. The van der Waals surface area contributed by atoms with Crippen molar-refractivity contribution < 1.29 is 0 Å². The lowest BCUT2D eigenvalue weighted by Gasteiger charge is -2.36. The average molecular weight is 399 g/mol. The van der Waals surface area contributed by atoms with Gasteiger partial charge in [0.15, 0.2) is 0 Å². The second kappa shape index (κ2) is 9.09. The lowest BCUT2D eigenvalue weighted by molar-refractivity contribution is 0.299. The van der Waals surface area contributed by atoms with Gasteiger partial charge < -0.3 is 4.90 Å². The first kappa shape index (κ1) is 20.7. The van der Waals surface area contributed by atoms with Gasteiger partial charge in [-0.25, -0.2) is 0 Å². The molecule has 2 aromatic rings. The summed E-state index contributed by atoms with van der Waals surface area (Å²) in [7, 11) is 0. The summed E-state index contributed by atoms with van der Waals surface area (Å²) in [4.78, 5) is 2.49. The summed E-state index contributed by atoms with van der Waals surface area (Å²) in [6, 6.07) is 15.3. The van der Waals surface area contributed by atoms with Gasteiger partial charge in [-0.1, -0.05) is 44.5 Å². The van der Waals surface area contributed by atoms with Crippen molar-refractivity contribution in [2.75, 3.05) is 13.1 Å². The summed E-state index contributed by atoms with van der Waals surface area (Å²) in [5.41, 5.74) is 9.20. The number of nitriles is 1. The van der Waals surface area contributed by atoms with Crippen molar-refractivity contribution in [2.45, 2.75) is 70.6 Å². The van der Waals surface area contributed by atoms with E-state index in [4.69, 9.17) is 5.26 Å². The van der Waals surface area contributed by atoms with E-state index in [0.717, 1.165) is 37.4 Å². The molecule has 0 bridgehead atoms. The molecule has 0 aromatic heterocycles. The molecule has 1 heterocycles. The number of piperidine rings is 1. The van der Waals surface area contributed by atoms with Gasteiger partial charge in [-0.05, 0) is 91.3 Å². The molecule has 0 atom stereocenters. The molecule has 0 unspecified atom stereocenters. The monoisotopic (exact) mass is 398 g/mol. The summed E-state index contributed by atoms with van der Waals surface area (Å²) >= 11 is 0. The van der Waals surface area contributed by atoms with E-state index in [1.807, 2.05) is 12.1 Å². The van der Waals surface area contributed by atoms with E-state index in [2.05, 4.69) is 55.7 Å². The topological polar surface area (TPSA) is 27.0 Å². The minimum absolute atomic E-state index is 0.583. The van der Waals surface area contributed by atoms with E-state index in [1.54, 1.807) is 11.1 Å². The summed E-state index contributed by atoms with van der Waals surface area (Å²) in [6.07, 6.45) is 8.77. The number of hydrogen-bond acceptors (Lipinski definition) is 2. The molecule has 0 spiro atoms. The number of nitrogens with zero attached hydrogens (tertiary/aromatic N) is 2. The quantitative estimate of drug-likeness (QED) is 0.527. The highest BCUT2D eigenvalue weighted by Crippen LogP contribution is 2.40. The Labute approximate surface area is 182 Å². The molecule has 0 amide bonds. The minimum atomic E-state index is 0.583. The fraction of sp³-hybridized carbons (Fsp3) is 0.464. The maximum atomic E-state index is 9.02. The average Bonchev–Trinajstić information content (AvgIpc) is 2.74. The van der Waals surface area contributed by atoms with Crippen LogP contribution in [-0.4, -0.2) is 18.0 Å². The van der Waals surface area contributed by atoms with Gasteiger partial charge in [0, 0.05) is 24.4 Å². The Bertz CT molecular complexity index is 936.